The van der Waals surface area contributed by atoms with Gasteiger partial charge in [-0.05, 0) is 26.2 Å². The molecule has 1 fully saturated rings. The van der Waals surface area contributed by atoms with E-state index in [0.717, 1.165) is 31.6 Å². The second-order valence-electron chi connectivity index (χ2n) is 4.32. The highest BCUT2D eigenvalue weighted by atomic mass is 32.1. The van der Waals surface area contributed by atoms with Crippen molar-refractivity contribution in [2.24, 2.45) is 5.41 Å². The Labute approximate surface area is 94.1 Å². The molecule has 2 heterocycles. The molecule has 1 aliphatic heterocycles. The van der Waals surface area contributed by atoms with Gasteiger partial charge in [-0.2, -0.15) is 0 Å². The van der Waals surface area contributed by atoms with Gasteiger partial charge in [0, 0.05) is 16.9 Å². The topological polar surface area (TPSA) is 42.4 Å². The number of aliphatic hydroxyl groups is 1. The molecule has 1 atom stereocenters. The van der Waals surface area contributed by atoms with Crippen molar-refractivity contribution in [3.63, 3.8) is 0 Å². The van der Waals surface area contributed by atoms with Gasteiger partial charge in [0.05, 0.1) is 24.4 Å². The van der Waals surface area contributed by atoms with Crippen LogP contribution in [0.25, 0.3) is 0 Å². The van der Waals surface area contributed by atoms with Gasteiger partial charge in [0.2, 0.25) is 0 Å². The summed E-state index contributed by atoms with van der Waals surface area (Å²) in [6.07, 6.45) is 3.01. The summed E-state index contributed by atoms with van der Waals surface area (Å²) in [5, 5.41) is 9.42. The summed E-state index contributed by atoms with van der Waals surface area (Å²) < 4.78 is 5.38. The number of hydrogen-bond acceptors (Lipinski definition) is 4. The molecule has 0 spiro atoms. The predicted molar refractivity (Wildman–Crippen MR) is 60.1 cm³/mol. The zero-order chi connectivity index (χ0) is 10.7. The van der Waals surface area contributed by atoms with Crippen LogP contribution in [0.2, 0.25) is 0 Å². The highest BCUT2D eigenvalue weighted by molar-refractivity contribution is 7.09. The molecule has 3 nitrogen and oxygen atoms in total. The van der Waals surface area contributed by atoms with E-state index in [4.69, 9.17) is 4.74 Å². The van der Waals surface area contributed by atoms with Gasteiger partial charge in [-0.25, -0.2) is 4.98 Å². The largest absolute Gasteiger partial charge is 0.396 e. The third kappa shape index (κ3) is 2.38. The van der Waals surface area contributed by atoms with Crippen molar-refractivity contribution in [3.8, 4) is 0 Å². The Morgan fingerprint density at radius 2 is 2.53 bits per heavy atom. The smallest absolute Gasteiger partial charge is 0.0797 e. The Morgan fingerprint density at radius 1 is 1.67 bits per heavy atom. The van der Waals surface area contributed by atoms with Crippen molar-refractivity contribution < 1.29 is 9.84 Å². The molecule has 1 N–H and O–H groups in total. The van der Waals surface area contributed by atoms with Crippen molar-refractivity contribution in [2.45, 2.75) is 26.2 Å². The van der Waals surface area contributed by atoms with E-state index in [9.17, 15) is 5.11 Å². The number of thiazole rings is 1. The van der Waals surface area contributed by atoms with Crippen molar-refractivity contribution in [2.75, 3.05) is 19.8 Å². The third-order valence-electron chi connectivity index (χ3n) is 3.25. The van der Waals surface area contributed by atoms with E-state index in [2.05, 4.69) is 4.98 Å². The van der Waals surface area contributed by atoms with Crippen LogP contribution in [0, 0.1) is 12.3 Å². The number of ether oxygens (including phenoxy) is 1. The SMILES string of the molecule is Cc1ncsc1CCC1(CO)CCOC1. The van der Waals surface area contributed by atoms with E-state index < -0.39 is 0 Å². The van der Waals surface area contributed by atoms with Gasteiger partial charge in [-0.15, -0.1) is 11.3 Å². The molecule has 1 aromatic rings. The second kappa shape index (κ2) is 4.60. The van der Waals surface area contributed by atoms with Crippen LogP contribution in [-0.4, -0.2) is 29.9 Å². The first-order valence-corrected chi connectivity index (χ1v) is 6.21. The summed E-state index contributed by atoms with van der Waals surface area (Å²) in [4.78, 5) is 5.58. The van der Waals surface area contributed by atoms with E-state index in [1.165, 1.54) is 4.88 Å². The Morgan fingerprint density at radius 3 is 3.07 bits per heavy atom. The number of rotatable bonds is 4. The van der Waals surface area contributed by atoms with Gasteiger partial charge in [0.25, 0.3) is 0 Å². The summed E-state index contributed by atoms with van der Waals surface area (Å²) >= 11 is 1.71. The summed E-state index contributed by atoms with van der Waals surface area (Å²) in [6.45, 7) is 3.79. The molecule has 0 amide bonds. The zero-order valence-corrected chi connectivity index (χ0v) is 9.85. The standard InChI is InChI=1S/C11H17NO2S/c1-9-10(15-8-12-9)2-3-11(6-13)4-5-14-7-11/h8,13H,2-7H2,1H3. The molecule has 0 aromatic carbocycles. The lowest BCUT2D eigenvalue weighted by molar-refractivity contribution is 0.0869. The Kier molecular flexibility index (Phi) is 3.38. The maximum Gasteiger partial charge on any atom is 0.0797 e. The maximum absolute atomic E-state index is 9.42. The molecule has 1 aliphatic rings. The molecule has 0 bridgehead atoms. The average Bonchev–Trinajstić information content (AvgIpc) is 2.85. The number of aliphatic hydroxyl groups excluding tert-OH is 1. The van der Waals surface area contributed by atoms with E-state index >= 15 is 0 Å². The van der Waals surface area contributed by atoms with E-state index in [-0.39, 0.29) is 12.0 Å². The zero-order valence-electron chi connectivity index (χ0n) is 9.03. The minimum Gasteiger partial charge on any atom is -0.396 e. The average molecular weight is 227 g/mol. The first-order chi connectivity index (χ1) is 7.26. The van der Waals surface area contributed by atoms with Gasteiger partial charge in [0.1, 0.15) is 0 Å². The van der Waals surface area contributed by atoms with Gasteiger partial charge in [-0.3, -0.25) is 0 Å². The van der Waals surface area contributed by atoms with Crippen LogP contribution in [0.1, 0.15) is 23.4 Å². The fraction of sp³-hybridized carbons (Fsp3) is 0.727. The molecule has 0 radical (unpaired) electrons. The van der Waals surface area contributed by atoms with Crippen molar-refractivity contribution in [3.05, 3.63) is 16.1 Å². The van der Waals surface area contributed by atoms with Gasteiger partial charge in [-0.1, -0.05) is 0 Å². The van der Waals surface area contributed by atoms with Crippen LogP contribution < -0.4 is 0 Å². The van der Waals surface area contributed by atoms with E-state index in [0.29, 0.717) is 6.61 Å². The first kappa shape index (κ1) is 11.0. The lowest BCUT2D eigenvalue weighted by Gasteiger charge is -2.24. The predicted octanol–water partition coefficient (Wildman–Crippen LogP) is 1.78. The van der Waals surface area contributed by atoms with E-state index in [1.807, 2.05) is 12.4 Å². The van der Waals surface area contributed by atoms with Gasteiger partial charge in [0.15, 0.2) is 0 Å². The normalized spacial score (nSPS) is 26.0. The monoisotopic (exact) mass is 227 g/mol. The lowest BCUT2D eigenvalue weighted by atomic mass is 9.83. The van der Waals surface area contributed by atoms with Crippen LogP contribution in [0.15, 0.2) is 5.51 Å². The van der Waals surface area contributed by atoms with Crippen LogP contribution in [0.3, 0.4) is 0 Å². The number of nitrogens with zero attached hydrogens (tertiary/aromatic N) is 1. The van der Waals surface area contributed by atoms with Gasteiger partial charge >= 0.3 is 0 Å². The van der Waals surface area contributed by atoms with Crippen molar-refractivity contribution in [1.82, 2.24) is 4.98 Å². The third-order valence-corrected chi connectivity index (χ3v) is 4.24. The molecule has 2 rings (SSSR count). The maximum atomic E-state index is 9.42. The van der Waals surface area contributed by atoms with Crippen LogP contribution in [0.4, 0.5) is 0 Å². The Balaban J connectivity index is 1.94. The summed E-state index contributed by atoms with van der Waals surface area (Å²) in [6, 6.07) is 0. The molecule has 1 saturated heterocycles. The number of aromatic nitrogens is 1. The minimum atomic E-state index is 0.0103. The van der Waals surface area contributed by atoms with Crippen LogP contribution in [0.5, 0.6) is 0 Å². The highest BCUT2D eigenvalue weighted by Gasteiger charge is 2.33. The summed E-state index contributed by atoms with van der Waals surface area (Å²) in [5.74, 6) is 0. The Hall–Kier alpha value is -0.450. The molecular weight excluding hydrogens is 210 g/mol. The molecule has 84 valence electrons. The molecule has 1 aromatic heterocycles. The quantitative estimate of drug-likeness (QED) is 0.852. The second-order valence-corrected chi connectivity index (χ2v) is 5.26. The summed E-state index contributed by atoms with van der Waals surface area (Å²) in [5.41, 5.74) is 3.03. The fourth-order valence-corrected chi connectivity index (χ4v) is 2.78. The van der Waals surface area contributed by atoms with Crippen LogP contribution >= 0.6 is 11.3 Å². The molecule has 0 aliphatic carbocycles. The highest BCUT2D eigenvalue weighted by Crippen LogP contribution is 2.33. The van der Waals surface area contributed by atoms with E-state index in [1.54, 1.807) is 11.3 Å². The lowest BCUT2D eigenvalue weighted by Crippen LogP contribution is -2.26. The number of hydrogen-bond donors (Lipinski definition) is 1. The first-order valence-electron chi connectivity index (χ1n) is 5.33. The fourth-order valence-electron chi connectivity index (χ4n) is 2.00. The van der Waals surface area contributed by atoms with Crippen LogP contribution in [-0.2, 0) is 11.2 Å². The van der Waals surface area contributed by atoms with Crippen molar-refractivity contribution >= 4 is 11.3 Å². The van der Waals surface area contributed by atoms with Crippen molar-refractivity contribution in [1.29, 1.82) is 0 Å². The molecule has 0 saturated carbocycles. The molecule has 1 unspecified atom stereocenters. The Bertz CT molecular complexity index is 318. The molecular formula is C11H17NO2S. The molecule has 4 heteroatoms. The number of aryl methyl sites for hydroxylation is 2. The molecule has 15 heavy (non-hydrogen) atoms. The summed E-state index contributed by atoms with van der Waals surface area (Å²) in [7, 11) is 0. The van der Waals surface area contributed by atoms with Gasteiger partial charge < -0.3 is 9.84 Å². The minimum absolute atomic E-state index is 0.0103.